The lowest BCUT2D eigenvalue weighted by Gasteiger charge is -2.23. The molecule has 1 aromatic carbocycles. The highest BCUT2D eigenvalue weighted by Crippen LogP contribution is 2.24. The number of likely N-dealkylation sites (tertiary alicyclic amines) is 1. The summed E-state index contributed by atoms with van der Waals surface area (Å²) in [6.07, 6.45) is 1.23. The van der Waals surface area contributed by atoms with Crippen LogP contribution in [-0.2, 0) is 11.2 Å². The summed E-state index contributed by atoms with van der Waals surface area (Å²) >= 11 is 0. The van der Waals surface area contributed by atoms with Gasteiger partial charge in [0.1, 0.15) is 6.04 Å². The third kappa shape index (κ3) is 3.08. The number of hydrogen-bond donors (Lipinski definition) is 1. The van der Waals surface area contributed by atoms with Crippen molar-refractivity contribution in [3.8, 4) is 0 Å². The lowest BCUT2D eigenvalue weighted by atomic mass is 10.0. The Kier molecular flexibility index (Phi) is 4.63. The number of benzene rings is 1. The minimum absolute atomic E-state index is 0.0869. The highest BCUT2D eigenvalue weighted by molar-refractivity contribution is 5.98. The van der Waals surface area contributed by atoms with E-state index in [9.17, 15) is 14.7 Å². The van der Waals surface area contributed by atoms with Crippen LogP contribution in [0.2, 0.25) is 0 Å². The lowest BCUT2D eigenvalue weighted by molar-refractivity contribution is -0.141. The summed E-state index contributed by atoms with van der Waals surface area (Å²) in [4.78, 5) is 27.7. The summed E-state index contributed by atoms with van der Waals surface area (Å²) in [5.41, 5.74) is 1.57. The smallest absolute Gasteiger partial charge is 0.326 e. The maximum absolute atomic E-state index is 12.8. The van der Waals surface area contributed by atoms with Gasteiger partial charge in [-0.05, 0) is 38.6 Å². The number of carboxylic acids is 1. The van der Waals surface area contributed by atoms with Crippen molar-refractivity contribution in [1.82, 2.24) is 9.80 Å². The molecule has 1 heterocycles. The number of amides is 1. The molecule has 2 rings (SSSR count). The molecule has 21 heavy (non-hydrogen) atoms. The Bertz CT molecular complexity index is 542. The normalized spacial score (nSPS) is 21.8. The van der Waals surface area contributed by atoms with Gasteiger partial charge in [-0.25, -0.2) is 4.79 Å². The van der Waals surface area contributed by atoms with E-state index in [0.717, 1.165) is 12.0 Å². The molecule has 0 bridgehead atoms. The van der Waals surface area contributed by atoms with Gasteiger partial charge < -0.3 is 14.9 Å². The molecular formula is C16H22N2O3. The summed E-state index contributed by atoms with van der Waals surface area (Å²) in [5, 5.41) is 9.39. The lowest BCUT2D eigenvalue weighted by Crippen LogP contribution is -2.41. The quantitative estimate of drug-likeness (QED) is 0.912. The molecule has 0 unspecified atom stereocenters. The Balaban J connectivity index is 2.30. The van der Waals surface area contributed by atoms with Crippen LogP contribution in [0.25, 0.3) is 0 Å². The van der Waals surface area contributed by atoms with Gasteiger partial charge in [0.05, 0.1) is 0 Å². The molecule has 114 valence electrons. The first-order chi connectivity index (χ1) is 9.95. The van der Waals surface area contributed by atoms with Gasteiger partial charge in [-0.3, -0.25) is 4.79 Å². The van der Waals surface area contributed by atoms with Gasteiger partial charge in [0.15, 0.2) is 0 Å². The van der Waals surface area contributed by atoms with Crippen LogP contribution in [0.5, 0.6) is 0 Å². The standard InChI is InChI=1S/C16H22N2O3/c1-4-11-7-5-6-8-13(11)15(19)18-10-12(17(2)3)9-14(18)16(20)21/h5-8,12,14H,4,9-10H2,1-3H3,(H,20,21)/t12-,14+/m1/s1. The fraction of sp³-hybridized carbons (Fsp3) is 0.500. The fourth-order valence-electron chi connectivity index (χ4n) is 2.84. The number of aryl methyl sites for hydroxylation is 1. The monoisotopic (exact) mass is 290 g/mol. The molecule has 2 atom stereocenters. The maximum atomic E-state index is 12.8. The van der Waals surface area contributed by atoms with Crippen LogP contribution >= 0.6 is 0 Å². The third-order valence-corrected chi connectivity index (χ3v) is 4.18. The van der Waals surface area contributed by atoms with Crippen molar-refractivity contribution in [3.05, 3.63) is 35.4 Å². The van der Waals surface area contributed by atoms with Crippen molar-refractivity contribution in [2.24, 2.45) is 0 Å². The summed E-state index contributed by atoms with van der Waals surface area (Å²) in [7, 11) is 3.83. The summed E-state index contributed by atoms with van der Waals surface area (Å²) in [6.45, 7) is 2.45. The van der Waals surface area contributed by atoms with Gasteiger partial charge in [0.25, 0.3) is 5.91 Å². The average Bonchev–Trinajstić information content (AvgIpc) is 2.92. The number of nitrogens with zero attached hydrogens (tertiary/aromatic N) is 2. The molecule has 0 aliphatic carbocycles. The van der Waals surface area contributed by atoms with Crippen LogP contribution in [0.4, 0.5) is 0 Å². The highest BCUT2D eigenvalue weighted by atomic mass is 16.4. The molecule has 1 aliphatic rings. The van der Waals surface area contributed by atoms with E-state index >= 15 is 0 Å². The summed E-state index contributed by atoms with van der Waals surface area (Å²) in [5.74, 6) is -1.11. The molecular weight excluding hydrogens is 268 g/mol. The first-order valence-corrected chi connectivity index (χ1v) is 7.23. The molecule has 1 N–H and O–H groups in total. The van der Waals surface area contributed by atoms with Gasteiger partial charge in [-0.2, -0.15) is 0 Å². The Hall–Kier alpha value is -1.88. The molecule has 1 saturated heterocycles. The number of carboxylic acid groups (broad SMARTS) is 1. The second-order valence-electron chi connectivity index (χ2n) is 5.68. The Morgan fingerprint density at radius 1 is 1.33 bits per heavy atom. The molecule has 1 amide bonds. The Morgan fingerprint density at radius 2 is 2.00 bits per heavy atom. The van der Waals surface area contributed by atoms with E-state index in [1.165, 1.54) is 4.90 Å². The van der Waals surface area contributed by atoms with Crippen LogP contribution in [0.1, 0.15) is 29.3 Å². The Morgan fingerprint density at radius 3 is 2.57 bits per heavy atom. The van der Waals surface area contributed by atoms with Crippen molar-refractivity contribution < 1.29 is 14.7 Å². The summed E-state index contributed by atoms with van der Waals surface area (Å²) < 4.78 is 0. The number of hydrogen-bond acceptors (Lipinski definition) is 3. The predicted octanol–water partition coefficient (Wildman–Crippen LogP) is 1.48. The number of likely N-dealkylation sites (N-methyl/N-ethyl adjacent to an activating group) is 1. The van der Waals surface area contributed by atoms with Gasteiger partial charge in [-0.15, -0.1) is 0 Å². The maximum Gasteiger partial charge on any atom is 0.326 e. The zero-order chi connectivity index (χ0) is 15.6. The molecule has 1 fully saturated rings. The number of aliphatic carboxylic acids is 1. The largest absolute Gasteiger partial charge is 0.480 e. The zero-order valence-corrected chi connectivity index (χ0v) is 12.7. The van der Waals surface area contributed by atoms with E-state index in [4.69, 9.17) is 0 Å². The second kappa shape index (κ2) is 6.26. The van der Waals surface area contributed by atoms with Crippen molar-refractivity contribution in [2.75, 3.05) is 20.6 Å². The molecule has 0 radical (unpaired) electrons. The van der Waals surface area contributed by atoms with Crippen LogP contribution in [0.3, 0.4) is 0 Å². The van der Waals surface area contributed by atoms with Crippen molar-refractivity contribution in [3.63, 3.8) is 0 Å². The number of carbonyl (C=O) groups is 2. The van der Waals surface area contributed by atoms with Crippen LogP contribution in [-0.4, -0.2) is 59.5 Å². The van der Waals surface area contributed by atoms with Crippen molar-refractivity contribution in [2.45, 2.75) is 31.8 Å². The third-order valence-electron chi connectivity index (χ3n) is 4.18. The number of carbonyl (C=O) groups excluding carboxylic acids is 1. The first-order valence-electron chi connectivity index (χ1n) is 7.23. The van der Waals surface area contributed by atoms with Crippen molar-refractivity contribution >= 4 is 11.9 Å². The average molecular weight is 290 g/mol. The molecule has 1 aromatic rings. The fourth-order valence-corrected chi connectivity index (χ4v) is 2.84. The van der Waals surface area contributed by atoms with E-state index < -0.39 is 12.0 Å². The van der Waals surface area contributed by atoms with E-state index in [1.807, 2.05) is 44.1 Å². The van der Waals surface area contributed by atoms with Crippen LogP contribution in [0.15, 0.2) is 24.3 Å². The first kappa shape index (κ1) is 15.5. The molecule has 0 spiro atoms. The second-order valence-corrected chi connectivity index (χ2v) is 5.68. The van der Waals surface area contributed by atoms with Gasteiger partial charge >= 0.3 is 5.97 Å². The minimum atomic E-state index is -0.929. The summed E-state index contributed by atoms with van der Waals surface area (Å²) in [6, 6.07) is 6.77. The highest BCUT2D eigenvalue weighted by Gasteiger charge is 2.40. The zero-order valence-electron chi connectivity index (χ0n) is 12.7. The number of rotatable bonds is 4. The van der Waals surface area contributed by atoms with Gasteiger partial charge in [0, 0.05) is 18.2 Å². The minimum Gasteiger partial charge on any atom is -0.480 e. The molecule has 0 aromatic heterocycles. The van der Waals surface area contributed by atoms with Crippen LogP contribution < -0.4 is 0 Å². The molecule has 5 heteroatoms. The van der Waals surface area contributed by atoms with Crippen molar-refractivity contribution in [1.29, 1.82) is 0 Å². The molecule has 1 aliphatic heterocycles. The molecule has 0 saturated carbocycles. The topological polar surface area (TPSA) is 60.9 Å². The van der Waals surface area contributed by atoms with Gasteiger partial charge in [-0.1, -0.05) is 25.1 Å². The van der Waals surface area contributed by atoms with Gasteiger partial charge in [0.2, 0.25) is 0 Å². The van der Waals surface area contributed by atoms with E-state index in [1.54, 1.807) is 6.07 Å². The SMILES string of the molecule is CCc1ccccc1C(=O)N1C[C@H](N(C)C)C[C@H]1C(=O)O. The Labute approximate surface area is 125 Å². The van der Waals surface area contributed by atoms with E-state index in [-0.39, 0.29) is 11.9 Å². The van der Waals surface area contributed by atoms with E-state index in [2.05, 4.69) is 0 Å². The predicted molar refractivity (Wildman–Crippen MR) is 80.4 cm³/mol. The van der Waals surface area contributed by atoms with E-state index in [0.29, 0.717) is 18.5 Å². The van der Waals surface area contributed by atoms with Crippen LogP contribution in [0, 0.1) is 0 Å². The molecule has 5 nitrogen and oxygen atoms in total.